The molecule has 2 N–H and O–H groups in total. The van der Waals surface area contributed by atoms with E-state index in [0.29, 0.717) is 11.7 Å². The molecule has 1 heterocycles. The van der Waals surface area contributed by atoms with Crippen molar-refractivity contribution in [3.05, 3.63) is 28.5 Å². The van der Waals surface area contributed by atoms with E-state index in [9.17, 15) is 0 Å². The Hall–Kier alpha value is -0.310. The molecule has 62 valence electrons. The molecule has 0 aliphatic carbocycles. The van der Waals surface area contributed by atoms with Crippen molar-refractivity contribution in [2.24, 2.45) is 5.73 Å². The third kappa shape index (κ3) is 2.66. The number of hydrogen-bond acceptors (Lipinski definition) is 2. The molecule has 0 aliphatic heterocycles. The molecule has 2 nitrogen and oxygen atoms in total. The van der Waals surface area contributed by atoms with Gasteiger partial charge in [0.2, 0.25) is 0 Å². The van der Waals surface area contributed by atoms with Crippen LogP contribution in [0.3, 0.4) is 0 Å². The summed E-state index contributed by atoms with van der Waals surface area (Å²) in [5.41, 5.74) is 7.38. The standard InChI is InChI=1S/C7H9ClN2.ClH/c1-5-6(4-9)2-3-7(8)10-5;/h2-3H,4,9H2,1H3;1H. The first-order valence-electron chi connectivity index (χ1n) is 3.06. The van der Waals surface area contributed by atoms with Crippen molar-refractivity contribution in [1.82, 2.24) is 4.98 Å². The Balaban J connectivity index is 0.000001000. The minimum Gasteiger partial charge on any atom is -0.326 e. The number of halogens is 2. The molecule has 4 heteroatoms. The van der Waals surface area contributed by atoms with Gasteiger partial charge in [-0.05, 0) is 18.6 Å². The van der Waals surface area contributed by atoms with Crippen LogP contribution >= 0.6 is 24.0 Å². The predicted molar refractivity (Wildman–Crippen MR) is 49.1 cm³/mol. The van der Waals surface area contributed by atoms with E-state index in [-0.39, 0.29) is 12.4 Å². The molecular formula is C7H10Cl2N2. The Kier molecular flexibility index (Phi) is 4.42. The van der Waals surface area contributed by atoms with Gasteiger partial charge in [0, 0.05) is 12.2 Å². The van der Waals surface area contributed by atoms with Gasteiger partial charge in [0.15, 0.2) is 0 Å². The van der Waals surface area contributed by atoms with Crippen molar-refractivity contribution in [2.45, 2.75) is 13.5 Å². The summed E-state index contributed by atoms with van der Waals surface area (Å²) >= 11 is 5.62. The molecule has 0 aliphatic rings. The molecule has 0 spiro atoms. The highest BCUT2D eigenvalue weighted by molar-refractivity contribution is 6.29. The lowest BCUT2D eigenvalue weighted by Gasteiger charge is -1.99. The largest absolute Gasteiger partial charge is 0.326 e. The molecule has 0 saturated heterocycles. The van der Waals surface area contributed by atoms with Crippen molar-refractivity contribution in [2.75, 3.05) is 0 Å². The second kappa shape index (κ2) is 4.54. The first-order chi connectivity index (χ1) is 4.74. The smallest absolute Gasteiger partial charge is 0.129 e. The molecule has 1 aromatic heterocycles. The van der Waals surface area contributed by atoms with Crippen LogP contribution in [0.2, 0.25) is 5.15 Å². The zero-order valence-corrected chi connectivity index (χ0v) is 7.75. The fraction of sp³-hybridized carbons (Fsp3) is 0.286. The molecule has 0 aromatic carbocycles. The molecule has 1 rings (SSSR count). The summed E-state index contributed by atoms with van der Waals surface area (Å²) in [6.45, 7) is 2.42. The summed E-state index contributed by atoms with van der Waals surface area (Å²) in [4.78, 5) is 4.03. The average molecular weight is 193 g/mol. The number of pyridine rings is 1. The molecule has 0 atom stereocenters. The van der Waals surface area contributed by atoms with Gasteiger partial charge in [-0.1, -0.05) is 17.7 Å². The molecule has 0 fully saturated rings. The van der Waals surface area contributed by atoms with Crippen molar-refractivity contribution in [1.29, 1.82) is 0 Å². The quantitative estimate of drug-likeness (QED) is 0.692. The van der Waals surface area contributed by atoms with Crippen LogP contribution in [-0.4, -0.2) is 4.98 Å². The lowest BCUT2D eigenvalue weighted by Crippen LogP contribution is -2.00. The number of hydrogen-bond donors (Lipinski definition) is 1. The molecule has 0 bridgehead atoms. The Morgan fingerprint density at radius 3 is 2.64 bits per heavy atom. The first kappa shape index (κ1) is 10.7. The van der Waals surface area contributed by atoms with Gasteiger partial charge in [0.05, 0.1) is 0 Å². The highest BCUT2D eigenvalue weighted by Gasteiger charge is 1.96. The lowest BCUT2D eigenvalue weighted by atomic mass is 10.2. The second-order valence-electron chi connectivity index (χ2n) is 2.08. The number of nitrogens with zero attached hydrogens (tertiary/aromatic N) is 1. The topological polar surface area (TPSA) is 38.9 Å². The van der Waals surface area contributed by atoms with Gasteiger partial charge in [-0.15, -0.1) is 12.4 Å². The highest BCUT2D eigenvalue weighted by Crippen LogP contribution is 2.09. The fourth-order valence-electron chi connectivity index (χ4n) is 0.775. The van der Waals surface area contributed by atoms with Crippen LogP contribution in [0.1, 0.15) is 11.3 Å². The minimum atomic E-state index is 0. The van der Waals surface area contributed by atoms with Crippen LogP contribution in [-0.2, 0) is 6.54 Å². The third-order valence-corrected chi connectivity index (χ3v) is 1.59. The molecule has 0 radical (unpaired) electrons. The Labute approximate surface area is 77.2 Å². The second-order valence-corrected chi connectivity index (χ2v) is 2.47. The zero-order chi connectivity index (χ0) is 7.56. The van der Waals surface area contributed by atoms with Gasteiger partial charge in [-0.25, -0.2) is 4.98 Å². The van der Waals surface area contributed by atoms with E-state index in [1.165, 1.54) is 0 Å². The summed E-state index contributed by atoms with van der Waals surface area (Å²) in [5, 5.41) is 0.523. The number of rotatable bonds is 1. The summed E-state index contributed by atoms with van der Waals surface area (Å²) in [6.07, 6.45) is 0. The van der Waals surface area contributed by atoms with Crippen molar-refractivity contribution < 1.29 is 0 Å². The van der Waals surface area contributed by atoms with Crippen LogP contribution in [0.25, 0.3) is 0 Å². The summed E-state index contributed by atoms with van der Waals surface area (Å²) in [7, 11) is 0. The summed E-state index contributed by atoms with van der Waals surface area (Å²) in [5.74, 6) is 0. The van der Waals surface area contributed by atoms with E-state index >= 15 is 0 Å². The van der Waals surface area contributed by atoms with Crippen molar-refractivity contribution in [3.63, 3.8) is 0 Å². The van der Waals surface area contributed by atoms with E-state index in [2.05, 4.69) is 4.98 Å². The van der Waals surface area contributed by atoms with Crippen LogP contribution in [0.5, 0.6) is 0 Å². The van der Waals surface area contributed by atoms with Crippen LogP contribution < -0.4 is 5.73 Å². The lowest BCUT2D eigenvalue weighted by molar-refractivity contribution is 1.01. The monoisotopic (exact) mass is 192 g/mol. The maximum atomic E-state index is 5.62. The average Bonchev–Trinajstić information content (AvgIpc) is 1.88. The van der Waals surface area contributed by atoms with Crippen LogP contribution in [0, 0.1) is 6.92 Å². The molecule has 0 unspecified atom stereocenters. The van der Waals surface area contributed by atoms with E-state index in [0.717, 1.165) is 11.3 Å². The van der Waals surface area contributed by atoms with E-state index in [1.807, 2.05) is 13.0 Å². The SMILES string of the molecule is Cc1nc(Cl)ccc1CN.Cl. The van der Waals surface area contributed by atoms with Crippen LogP contribution in [0.15, 0.2) is 12.1 Å². The molecule has 11 heavy (non-hydrogen) atoms. The number of aromatic nitrogens is 1. The van der Waals surface area contributed by atoms with Crippen molar-refractivity contribution >= 4 is 24.0 Å². The summed E-state index contributed by atoms with van der Waals surface area (Å²) in [6, 6.07) is 3.64. The number of nitrogens with two attached hydrogens (primary N) is 1. The maximum absolute atomic E-state index is 5.62. The Bertz CT molecular complexity index is 238. The summed E-state index contributed by atoms with van der Waals surface area (Å²) < 4.78 is 0. The van der Waals surface area contributed by atoms with E-state index in [4.69, 9.17) is 17.3 Å². The molecular weight excluding hydrogens is 183 g/mol. The highest BCUT2D eigenvalue weighted by atomic mass is 35.5. The molecule has 0 amide bonds. The van der Waals surface area contributed by atoms with Gasteiger partial charge in [-0.2, -0.15) is 0 Å². The van der Waals surface area contributed by atoms with E-state index in [1.54, 1.807) is 6.07 Å². The first-order valence-corrected chi connectivity index (χ1v) is 3.44. The van der Waals surface area contributed by atoms with Gasteiger partial charge in [-0.3, -0.25) is 0 Å². The van der Waals surface area contributed by atoms with Gasteiger partial charge in [0.25, 0.3) is 0 Å². The van der Waals surface area contributed by atoms with Gasteiger partial charge in [0.1, 0.15) is 5.15 Å². The number of aryl methyl sites for hydroxylation is 1. The van der Waals surface area contributed by atoms with E-state index < -0.39 is 0 Å². The maximum Gasteiger partial charge on any atom is 0.129 e. The molecule has 0 saturated carbocycles. The molecule has 1 aromatic rings. The normalized spacial score (nSPS) is 9.00. The Morgan fingerprint density at radius 2 is 2.18 bits per heavy atom. The third-order valence-electron chi connectivity index (χ3n) is 1.38. The minimum absolute atomic E-state index is 0. The zero-order valence-electron chi connectivity index (χ0n) is 6.17. The van der Waals surface area contributed by atoms with Crippen molar-refractivity contribution in [3.8, 4) is 0 Å². The Morgan fingerprint density at radius 1 is 1.55 bits per heavy atom. The van der Waals surface area contributed by atoms with Gasteiger partial charge < -0.3 is 5.73 Å². The van der Waals surface area contributed by atoms with Crippen LogP contribution in [0.4, 0.5) is 0 Å². The fourth-order valence-corrected chi connectivity index (χ4v) is 0.965. The van der Waals surface area contributed by atoms with Gasteiger partial charge >= 0.3 is 0 Å². The predicted octanol–water partition coefficient (Wildman–Crippen LogP) is 1.92.